The maximum absolute atomic E-state index is 12.0. The second kappa shape index (κ2) is 8.42. The van der Waals surface area contributed by atoms with Crippen molar-refractivity contribution in [3.8, 4) is 11.4 Å². The molecule has 2 aromatic carbocycles. The molecular weight excluding hydrogens is 364 g/mol. The Hall–Kier alpha value is -3.25. The van der Waals surface area contributed by atoms with E-state index >= 15 is 0 Å². The van der Waals surface area contributed by atoms with Crippen molar-refractivity contribution in [1.29, 1.82) is 0 Å². The second-order valence-electron chi connectivity index (χ2n) is 5.76. The number of aryl methyl sites for hydroxylation is 1. The number of nitrogens with zero attached hydrogens (tertiary/aromatic N) is 2. The highest BCUT2D eigenvalue weighted by atomic mass is 35.5. The van der Waals surface area contributed by atoms with E-state index in [0.29, 0.717) is 16.5 Å². The summed E-state index contributed by atoms with van der Waals surface area (Å²) in [6.07, 6.45) is 3.47. The number of amides is 2. The summed E-state index contributed by atoms with van der Waals surface area (Å²) in [6.45, 7) is 1.95. The number of methoxy groups -OCH3 is 1. The summed E-state index contributed by atoms with van der Waals surface area (Å²) in [5.74, 6) is 0.571. The van der Waals surface area contributed by atoms with Gasteiger partial charge in [0.15, 0.2) is 0 Å². The molecule has 2 N–H and O–H groups in total. The van der Waals surface area contributed by atoms with E-state index < -0.39 is 6.03 Å². The predicted molar refractivity (Wildman–Crippen MR) is 108 cm³/mol. The first-order chi connectivity index (χ1) is 13.1. The largest absolute Gasteiger partial charge is 0.495 e. The molecule has 7 heteroatoms. The Labute approximate surface area is 162 Å². The van der Waals surface area contributed by atoms with Crippen LogP contribution in [0, 0.1) is 6.92 Å². The average Bonchev–Trinajstić information content (AvgIpc) is 3.13. The molecule has 0 aliphatic heterocycles. The molecular formula is C20H19ClN4O2. The molecule has 1 aromatic heterocycles. The average molecular weight is 383 g/mol. The highest BCUT2D eigenvalue weighted by Crippen LogP contribution is 2.23. The van der Waals surface area contributed by atoms with Gasteiger partial charge in [-0.2, -0.15) is 5.10 Å². The van der Waals surface area contributed by atoms with Crippen molar-refractivity contribution >= 4 is 29.5 Å². The summed E-state index contributed by atoms with van der Waals surface area (Å²) in [4.78, 5) is 12.0. The minimum Gasteiger partial charge on any atom is -0.495 e. The first-order valence-electron chi connectivity index (χ1n) is 8.25. The number of carbonyl (C=O) groups excluding carboxylic acids is 1. The summed E-state index contributed by atoms with van der Waals surface area (Å²) >= 11 is 6.21. The highest BCUT2D eigenvalue weighted by Gasteiger charge is 2.06. The smallest absolute Gasteiger partial charge is 0.339 e. The molecule has 27 heavy (non-hydrogen) atoms. The summed E-state index contributed by atoms with van der Waals surface area (Å²) in [6, 6.07) is 16.3. The monoisotopic (exact) mass is 382 g/mol. The van der Waals surface area contributed by atoms with Crippen LogP contribution >= 0.6 is 11.6 Å². The minimum atomic E-state index is -0.466. The van der Waals surface area contributed by atoms with Crippen LogP contribution in [0.2, 0.25) is 5.02 Å². The zero-order valence-corrected chi connectivity index (χ0v) is 15.7. The summed E-state index contributed by atoms with van der Waals surface area (Å²) < 4.78 is 7.12. The van der Waals surface area contributed by atoms with E-state index in [4.69, 9.17) is 16.3 Å². The highest BCUT2D eigenvalue weighted by molar-refractivity contribution is 6.31. The van der Waals surface area contributed by atoms with Crippen molar-refractivity contribution in [3.05, 3.63) is 77.1 Å². The zero-order valence-electron chi connectivity index (χ0n) is 14.9. The number of ether oxygens (including phenoxy) is 1. The standard InChI is InChI=1S/C20H19ClN4O2/c1-14-9-10-15(12-17(14)21)25-11-5-6-16(25)13-22-24-20(26)23-18-7-3-4-8-19(18)27-2/h3-13H,1-2H3,(H2,23,24,26)/b22-13+. The van der Waals surface area contributed by atoms with Crippen molar-refractivity contribution in [2.45, 2.75) is 6.92 Å². The third kappa shape index (κ3) is 4.48. The van der Waals surface area contributed by atoms with Crippen LogP contribution in [0.3, 0.4) is 0 Å². The van der Waals surface area contributed by atoms with E-state index in [1.807, 2.05) is 54.1 Å². The lowest BCUT2D eigenvalue weighted by Gasteiger charge is -2.09. The number of anilines is 1. The van der Waals surface area contributed by atoms with Gasteiger partial charge in [-0.25, -0.2) is 10.2 Å². The lowest BCUT2D eigenvalue weighted by Crippen LogP contribution is -2.24. The molecule has 0 unspecified atom stereocenters. The lowest BCUT2D eigenvalue weighted by molar-refractivity contribution is 0.252. The van der Waals surface area contributed by atoms with Crippen LogP contribution < -0.4 is 15.5 Å². The van der Waals surface area contributed by atoms with Gasteiger partial charge < -0.3 is 14.6 Å². The fourth-order valence-corrected chi connectivity index (χ4v) is 2.70. The van der Waals surface area contributed by atoms with Crippen LogP contribution in [0.4, 0.5) is 10.5 Å². The molecule has 3 aromatic rings. The van der Waals surface area contributed by atoms with Crippen LogP contribution in [0.5, 0.6) is 5.75 Å². The van der Waals surface area contributed by atoms with Crippen LogP contribution in [-0.4, -0.2) is 23.9 Å². The number of hydrazone groups is 1. The number of aromatic nitrogens is 1. The number of benzene rings is 2. The third-order valence-corrected chi connectivity index (χ3v) is 4.34. The van der Waals surface area contributed by atoms with E-state index in [2.05, 4.69) is 15.8 Å². The number of urea groups is 1. The first kappa shape index (κ1) is 18.5. The van der Waals surface area contributed by atoms with Gasteiger partial charge in [0.1, 0.15) is 5.75 Å². The molecule has 0 bridgehead atoms. The Kier molecular flexibility index (Phi) is 5.78. The second-order valence-corrected chi connectivity index (χ2v) is 6.17. The quantitative estimate of drug-likeness (QED) is 0.500. The topological polar surface area (TPSA) is 67.7 Å². The van der Waals surface area contributed by atoms with Crippen LogP contribution in [0.25, 0.3) is 5.69 Å². The normalized spacial score (nSPS) is 10.8. The Balaban J connectivity index is 1.68. The molecule has 0 fully saturated rings. The summed E-state index contributed by atoms with van der Waals surface area (Å²) in [5, 5.41) is 7.39. The van der Waals surface area contributed by atoms with Gasteiger partial charge in [-0.05, 0) is 48.9 Å². The van der Waals surface area contributed by atoms with Crippen LogP contribution in [0.1, 0.15) is 11.3 Å². The maximum Gasteiger partial charge on any atom is 0.339 e. The molecule has 0 spiro atoms. The Bertz CT molecular complexity index is 982. The van der Waals surface area contributed by atoms with Crippen molar-refractivity contribution in [3.63, 3.8) is 0 Å². The SMILES string of the molecule is COc1ccccc1NC(=O)N/N=C/c1cccn1-c1ccc(C)c(Cl)c1. The molecule has 2 amide bonds. The number of hydrogen-bond acceptors (Lipinski definition) is 3. The van der Waals surface area contributed by atoms with Gasteiger partial charge in [0.05, 0.1) is 24.7 Å². The summed E-state index contributed by atoms with van der Waals surface area (Å²) in [7, 11) is 1.54. The van der Waals surface area contributed by atoms with Crippen molar-refractivity contribution in [1.82, 2.24) is 9.99 Å². The minimum absolute atomic E-state index is 0.466. The maximum atomic E-state index is 12.0. The Morgan fingerprint density at radius 3 is 2.78 bits per heavy atom. The first-order valence-corrected chi connectivity index (χ1v) is 8.63. The molecule has 138 valence electrons. The van der Waals surface area contributed by atoms with Crippen molar-refractivity contribution in [2.75, 3.05) is 12.4 Å². The number of rotatable bonds is 5. The molecule has 1 heterocycles. The Morgan fingerprint density at radius 1 is 1.19 bits per heavy atom. The van der Waals surface area contributed by atoms with Crippen molar-refractivity contribution in [2.24, 2.45) is 5.10 Å². The molecule has 0 aliphatic rings. The van der Waals surface area contributed by atoms with Gasteiger partial charge in [0, 0.05) is 16.9 Å². The fraction of sp³-hybridized carbons (Fsp3) is 0.100. The predicted octanol–water partition coefficient (Wildman–Crippen LogP) is 4.60. The van der Waals surface area contributed by atoms with E-state index in [-0.39, 0.29) is 0 Å². The Morgan fingerprint density at radius 2 is 2.00 bits per heavy atom. The molecule has 0 atom stereocenters. The molecule has 0 radical (unpaired) electrons. The van der Waals surface area contributed by atoms with Gasteiger partial charge >= 0.3 is 6.03 Å². The van der Waals surface area contributed by atoms with Gasteiger partial charge in [-0.15, -0.1) is 0 Å². The van der Waals surface area contributed by atoms with E-state index in [9.17, 15) is 4.79 Å². The van der Waals surface area contributed by atoms with E-state index in [1.54, 1.807) is 31.5 Å². The van der Waals surface area contributed by atoms with Crippen LogP contribution in [0.15, 0.2) is 65.9 Å². The molecule has 0 saturated carbocycles. The van der Waals surface area contributed by atoms with Gasteiger partial charge in [-0.3, -0.25) is 0 Å². The number of nitrogens with one attached hydrogen (secondary N) is 2. The van der Waals surface area contributed by atoms with E-state index in [0.717, 1.165) is 16.9 Å². The number of para-hydroxylation sites is 2. The fourth-order valence-electron chi connectivity index (χ4n) is 2.52. The van der Waals surface area contributed by atoms with Crippen molar-refractivity contribution < 1.29 is 9.53 Å². The van der Waals surface area contributed by atoms with Gasteiger partial charge in [-0.1, -0.05) is 29.8 Å². The molecule has 0 aliphatic carbocycles. The molecule has 0 saturated heterocycles. The number of carbonyl (C=O) groups is 1. The third-order valence-electron chi connectivity index (χ3n) is 3.93. The molecule has 6 nitrogen and oxygen atoms in total. The molecule has 3 rings (SSSR count). The lowest BCUT2D eigenvalue weighted by atomic mass is 10.2. The summed E-state index contributed by atoms with van der Waals surface area (Å²) in [5.41, 5.74) is 5.73. The van der Waals surface area contributed by atoms with Crippen LogP contribution in [-0.2, 0) is 0 Å². The number of halogens is 1. The zero-order chi connectivity index (χ0) is 19.2. The van der Waals surface area contributed by atoms with Gasteiger partial charge in [0.25, 0.3) is 0 Å². The number of hydrogen-bond donors (Lipinski definition) is 2. The van der Waals surface area contributed by atoms with E-state index in [1.165, 1.54) is 0 Å². The van der Waals surface area contributed by atoms with Gasteiger partial charge in [0.2, 0.25) is 0 Å².